The number of hydrogen-bond acceptors (Lipinski definition) is 6. The van der Waals surface area contributed by atoms with Crippen molar-refractivity contribution in [1.82, 2.24) is 9.97 Å². The fraction of sp³-hybridized carbons (Fsp3) is 0.280. The van der Waals surface area contributed by atoms with E-state index in [9.17, 15) is 9.59 Å². The number of nitrogens with zero attached hydrogens (tertiary/aromatic N) is 1. The molecule has 0 bridgehead atoms. The first kappa shape index (κ1) is 21.7. The number of ether oxygens (including phenoxy) is 4. The van der Waals surface area contributed by atoms with Crippen LogP contribution in [0, 0.1) is 6.92 Å². The number of aromatic nitrogens is 2. The van der Waals surface area contributed by atoms with Gasteiger partial charge in [-0.15, -0.1) is 0 Å². The maximum atomic E-state index is 13.6. The molecular formula is C25H25N3O6. The van der Waals surface area contributed by atoms with Gasteiger partial charge in [-0.3, -0.25) is 4.79 Å². The monoisotopic (exact) mass is 463 g/mol. The summed E-state index contributed by atoms with van der Waals surface area (Å²) in [6.07, 6.45) is 0.630. The molecule has 2 aromatic carbocycles. The third-order valence-corrected chi connectivity index (χ3v) is 6.40. The summed E-state index contributed by atoms with van der Waals surface area (Å²) in [6, 6.07) is 7.38. The van der Waals surface area contributed by atoms with Gasteiger partial charge in [0.2, 0.25) is 5.75 Å². The van der Waals surface area contributed by atoms with Crippen molar-refractivity contribution in [3.05, 3.63) is 46.8 Å². The number of amides is 1. The summed E-state index contributed by atoms with van der Waals surface area (Å²) in [6.45, 7) is 2.34. The lowest BCUT2D eigenvalue weighted by Gasteiger charge is -2.16. The van der Waals surface area contributed by atoms with Gasteiger partial charge < -0.3 is 33.8 Å². The summed E-state index contributed by atoms with van der Waals surface area (Å²) in [5.74, 6) is 0.848. The van der Waals surface area contributed by atoms with Crippen LogP contribution >= 0.6 is 0 Å². The van der Waals surface area contributed by atoms with E-state index >= 15 is 0 Å². The molecule has 5 rings (SSSR count). The first-order valence-electron chi connectivity index (χ1n) is 10.8. The van der Waals surface area contributed by atoms with E-state index < -0.39 is 5.97 Å². The van der Waals surface area contributed by atoms with Gasteiger partial charge in [0.15, 0.2) is 11.5 Å². The molecule has 0 aliphatic carbocycles. The Balaban J connectivity index is 1.60. The van der Waals surface area contributed by atoms with E-state index in [0.717, 1.165) is 33.2 Å². The molecule has 9 heteroatoms. The second-order valence-electron chi connectivity index (χ2n) is 8.10. The van der Waals surface area contributed by atoms with Gasteiger partial charge in [-0.1, -0.05) is 0 Å². The highest BCUT2D eigenvalue weighted by Gasteiger charge is 2.31. The fourth-order valence-corrected chi connectivity index (χ4v) is 4.90. The first-order chi connectivity index (χ1) is 16.4. The number of aromatic amines is 2. The number of benzene rings is 2. The van der Waals surface area contributed by atoms with Crippen LogP contribution in [0.25, 0.3) is 21.8 Å². The zero-order valence-electron chi connectivity index (χ0n) is 19.6. The van der Waals surface area contributed by atoms with Crippen molar-refractivity contribution in [1.29, 1.82) is 0 Å². The molecule has 4 aromatic rings. The van der Waals surface area contributed by atoms with Gasteiger partial charge in [0, 0.05) is 34.2 Å². The lowest BCUT2D eigenvalue weighted by atomic mass is 10.0. The van der Waals surface area contributed by atoms with Crippen LogP contribution in [0.5, 0.6) is 17.2 Å². The average molecular weight is 463 g/mol. The highest BCUT2D eigenvalue weighted by Crippen LogP contribution is 2.44. The number of nitrogens with one attached hydrogen (secondary N) is 2. The van der Waals surface area contributed by atoms with Crippen molar-refractivity contribution < 1.29 is 28.5 Å². The molecule has 0 atom stereocenters. The molecule has 176 valence electrons. The minimum Gasteiger partial charge on any atom is -0.493 e. The van der Waals surface area contributed by atoms with E-state index in [4.69, 9.17) is 18.9 Å². The Kier molecular flexibility index (Phi) is 5.11. The van der Waals surface area contributed by atoms with E-state index in [1.165, 1.54) is 14.2 Å². The molecule has 0 saturated carbocycles. The van der Waals surface area contributed by atoms with E-state index in [2.05, 4.69) is 9.97 Å². The zero-order chi connectivity index (χ0) is 24.1. The van der Waals surface area contributed by atoms with E-state index in [1.54, 1.807) is 31.3 Å². The molecule has 34 heavy (non-hydrogen) atoms. The normalized spacial score (nSPS) is 12.8. The smallest absolute Gasteiger partial charge is 0.340 e. The number of H-pyrrole nitrogens is 2. The number of rotatable bonds is 5. The fourth-order valence-electron chi connectivity index (χ4n) is 4.90. The lowest BCUT2D eigenvalue weighted by molar-refractivity contribution is 0.0602. The largest absolute Gasteiger partial charge is 0.493 e. The van der Waals surface area contributed by atoms with Crippen LogP contribution in [0.4, 0.5) is 5.69 Å². The number of fused-ring (bicyclic) bond motifs is 4. The maximum Gasteiger partial charge on any atom is 0.340 e. The Morgan fingerprint density at radius 2 is 1.74 bits per heavy atom. The number of hydrogen-bond donors (Lipinski definition) is 2. The molecular weight excluding hydrogens is 438 g/mol. The van der Waals surface area contributed by atoms with Crippen LogP contribution in [-0.2, 0) is 11.2 Å². The molecule has 9 nitrogen and oxygen atoms in total. The van der Waals surface area contributed by atoms with Crippen molar-refractivity contribution in [2.45, 2.75) is 13.3 Å². The SMILES string of the molecule is COC(=O)c1c(C)[nH]c2ccc3c(c12)CCN3C(=O)c1cc2cc(OC)c(OC)c(OC)c2[nH]1. The number of anilines is 1. The van der Waals surface area contributed by atoms with Crippen LogP contribution in [0.2, 0.25) is 0 Å². The molecule has 0 spiro atoms. The van der Waals surface area contributed by atoms with E-state index in [0.29, 0.717) is 47.0 Å². The molecule has 1 amide bonds. The first-order valence-corrected chi connectivity index (χ1v) is 10.8. The minimum absolute atomic E-state index is 0.179. The summed E-state index contributed by atoms with van der Waals surface area (Å²) in [5.41, 5.74) is 4.89. The molecule has 2 aromatic heterocycles. The topological polar surface area (TPSA) is 106 Å². The van der Waals surface area contributed by atoms with Gasteiger partial charge in [0.05, 0.1) is 39.5 Å². The number of carbonyl (C=O) groups excluding carboxylic acids is 2. The Morgan fingerprint density at radius 3 is 2.41 bits per heavy atom. The predicted octanol–water partition coefficient (Wildman–Crippen LogP) is 3.97. The van der Waals surface area contributed by atoms with Crippen molar-refractivity contribution in [3.63, 3.8) is 0 Å². The molecule has 1 aliphatic heterocycles. The molecule has 1 aliphatic rings. The van der Waals surface area contributed by atoms with Crippen molar-refractivity contribution in [2.24, 2.45) is 0 Å². The van der Waals surface area contributed by atoms with Crippen molar-refractivity contribution >= 4 is 39.4 Å². The molecule has 0 radical (unpaired) electrons. The van der Waals surface area contributed by atoms with Crippen LogP contribution in [0.1, 0.15) is 32.1 Å². The third kappa shape index (κ3) is 3.00. The summed E-state index contributed by atoms with van der Waals surface area (Å²) in [4.78, 5) is 34.2. The predicted molar refractivity (Wildman–Crippen MR) is 128 cm³/mol. The molecule has 0 fully saturated rings. The molecule has 2 N–H and O–H groups in total. The van der Waals surface area contributed by atoms with Crippen LogP contribution in [0.15, 0.2) is 24.3 Å². The maximum absolute atomic E-state index is 13.6. The highest BCUT2D eigenvalue weighted by atomic mass is 16.5. The van der Waals surface area contributed by atoms with E-state index in [-0.39, 0.29) is 5.91 Å². The average Bonchev–Trinajstić information content (AvgIpc) is 3.55. The number of aryl methyl sites for hydroxylation is 1. The Morgan fingerprint density at radius 1 is 0.971 bits per heavy atom. The summed E-state index contributed by atoms with van der Waals surface area (Å²) in [7, 11) is 6.00. The summed E-state index contributed by atoms with van der Waals surface area (Å²) in [5, 5.41) is 1.58. The van der Waals surface area contributed by atoms with Gasteiger partial charge in [-0.05, 0) is 43.2 Å². The number of methoxy groups -OCH3 is 4. The highest BCUT2D eigenvalue weighted by molar-refractivity contribution is 6.13. The molecule has 0 saturated heterocycles. The second-order valence-corrected chi connectivity index (χ2v) is 8.10. The van der Waals surface area contributed by atoms with Gasteiger partial charge >= 0.3 is 5.97 Å². The van der Waals surface area contributed by atoms with Gasteiger partial charge in [-0.2, -0.15) is 0 Å². The Hall–Kier alpha value is -4.14. The summed E-state index contributed by atoms with van der Waals surface area (Å²) >= 11 is 0. The van der Waals surface area contributed by atoms with Gasteiger partial charge in [-0.25, -0.2) is 4.79 Å². The number of carbonyl (C=O) groups is 2. The quantitative estimate of drug-likeness (QED) is 0.434. The molecule has 3 heterocycles. The van der Waals surface area contributed by atoms with E-state index in [1.807, 2.05) is 19.1 Å². The third-order valence-electron chi connectivity index (χ3n) is 6.40. The Labute approximate surface area is 195 Å². The number of esters is 1. The van der Waals surface area contributed by atoms with Crippen molar-refractivity contribution in [2.75, 3.05) is 39.9 Å². The summed E-state index contributed by atoms with van der Waals surface area (Å²) < 4.78 is 21.4. The standard InChI is InChI=1S/C25H25N3O6/c1-12-19(25(30)34-5)20-14-8-9-28(17(14)7-6-15(20)26-12)24(29)16-10-13-11-18(31-2)22(32-3)23(33-4)21(13)27-16/h6-7,10-11,26-27H,8-9H2,1-5H3. The second kappa shape index (κ2) is 8.02. The van der Waals surface area contributed by atoms with Crippen LogP contribution in [0.3, 0.4) is 0 Å². The minimum atomic E-state index is -0.396. The van der Waals surface area contributed by atoms with Crippen LogP contribution < -0.4 is 19.1 Å². The lowest BCUT2D eigenvalue weighted by Crippen LogP contribution is -2.29. The van der Waals surface area contributed by atoms with Crippen molar-refractivity contribution in [3.8, 4) is 17.2 Å². The van der Waals surface area contributed by atoms with Gasteiger partial charge in [0.1, 0.15) is 5.69 Å². The zero-order valence-corrected chi connectivity index (χ0v) is 19.6. The molecule has 0 unspecified atom stereocenters. The van der Waals surface area contributed by atoms with Crippen LogP contribution in [-0.4, -0.2) is 56.8 Å². The van der Waals surface area contributed by atoms with Gasteiger partial charge in [0.25, 0.3) is 5.91 Å². The Bertz CT molecular complexity index is 1470.